The highest BCUT2D eigenvalue weighted by Crippen LogP contribution is 2.33. The van der Waals surface area contributed by atoms with Gasteiger partial charge >= 0.3 is 0 Å². The number of hydrogen-bond donors (Lipinski definition) is 1. The molecule has 0 amide bonds. The van der Waals surface area contributed by atoms with Gasteiger partial charge in [-0.15, -0.1) is 0 Å². The maximum atomic E-state index is 5.57. The van der Waals surface area contributed by atoms with E-state index in [4.69, 9.17) is 10.3 Å². The van der Waals surface area contributed by atoms with E-state index in [1.165, 1.54) is 19.3 Å². The van der Waals surface area contributed by atoms with Crippen molar-refractivity contribution in [1.29, 1.82) is 0 Å². The number of nitrogens with zero attached hydrogens (tertiary/aromatic N) is 2. The monoisotopic (exact) mass is 243 g/mol. The van der Waals surface area contributed by atoms with Gasteiger partial charge in [0.15, 0.2) is 0 Å². The predicted octanol–water partition coefficient (Wildman–Crippen LogP) is 2.54. The standard InChI is InChI=1S/C14H17N3O/c15-9-11-3-6-12(7-4-11)14-16-13(18-17-14)8-5-10-1-2-10/h3-4,6-7,10H,1-2,5,8-9,15H2. The molecule has 0 spiro atoms. The van der Waals surface area contributed by atoms with Crippen LogP contribution in [0, 0.1) is 5.92 Å². The number of hydrogen-bond acceptors (Lipinski definition) is 4. The van der Waals surface area contributed by atoms with Crippen molar-refractivity contribution in [3.8, 4) is 11.4 Å². The molecular formula is C14H17N3O. The van der Waals surface area contributed by atoms with Crippen molar-refractivity contribution >= 4 is 0 Å². The highest BCUT2D eigenvalue weighted by atomic mass is 16.5. The van der Waals surface area contributed by atoms with Gasteiger partial charge in [-0.1, -0.05) is 42.3 Å². The van der Waals surface area contributed by atoms with E-state index in [2.05, 4.69) is 10.1 Å². The van der Waals surface area contributed by atoms with Gasteiger partial charge in [-0.05, 0) is 17.9 Å². The Hall–Kier alpha value is -1.68. The molecule has 94 valence electrons. The maximum Gasteiger partial charge on any atom is 0.226 e. The number of aromatic nitrogens is 2. The average Bonchev–Trinajstić information content (AvgIpc) is 3.14. The van der Waals surface area contributed by atoms with Crippen molar-refractivity contribution in [2.24, 2.45) is 11.7 Å². The first-order chi connectivity index (χ1) is 8.85. The first-order valence-corrected chi connectivity index (χ1v) is 6.47. The molecule has 4 nitrogen and oxygen atoms in total. The van der Waals surface area contributed by atoms with Gasteiger partial charge in [0.05, 0.1) is 0 Å². The summed E-state index contributed by atoms with van der Waals surface area (Å²) in [5.41, 5.74) is 7.65. The summed E-state index contributed by atoms with van der Waals surface area (Å²) >= 11 is 0. The van der Waals surface area contributed by atoms with Gasteiger partial charge in [-0.3, -0.25) is 0 Å². The van der Waals surface area contributed by atoms with Crippen molar-refractivity contribution in [3.05, 3.63) is 35.7 Å². The SMILES string of the molecule is NCc1ccc(-c2noc(CCC3CC3)n2)cc1. The minimum absolute atomic E-state index is 0.555. The zero-order valence-electron chi connectivity index (χ0n) is 10.3. The van der Waals surface area contributed by atoms with Crippen LogP contribution in [0.1, 0.15) is 30.7 Å². The van der Waals surface area contributed by atoms with Gasteiger partial charge in [-0.25, -0.2) is 0 Å². The first kappa shape index (κ1) is 11.4. The summed E-state index contributed by atoms with van der Waals surface area (Å²) in [6, 6.07) is 7.96. The van der Waals surface area contributed by atoms with Crippen LogP contribution < -0.4 is 5.73 Å². The van der Waals surface area contributed by atoms with E-state index < -0.39 is 0 Å². The fourth-order valence-electron chi connectivity index (χ4n) is 2.00. The van der Waals surface area contributed by atoms with Crippen LogP contribution in [0.5, 0.6) is 0 Å². The Labute approximate surface area is 106 Å². The minimum atomic E-state index is 0.555. The largest absolute Gasteiger partial charge is 0.339 e. The zero-order chi connectivity index (χ0) is 12.4. The van der Waals surface area contributed by atoms with Crippen LogP contribution >= 0.6 is 0 Å². The second-order valence-electron chi connectivity index (χ2n) is 4.89. The lowest BCUT2D eigenvalue weighted by Gasteiger charge is -1.97. The molecule has 0 bridgehead atoms. The molecule has 1 heterocycles. The van der Waals surface area contributed by atoms with Crippen molar-refractivity contribution < 1.29 is 4.52 Å². The molecule has 1 fully saturated rings. The third-order valence-corrected chi connectivity index (χ3v) is 3.38. The molecular weight excluding hydrogens is 226 g/mol. The van der Waals surface area contributed by atoms with Gasteiger partial charge in [-0.2, -0.15) is 4.98 Å². The molecule has 0 atom stereocenters. The number of benzene rings is 1. The highest BCUT2D eigenvalue weighted by Gasteiger charge is 2.22. The van der Waals surface area contributed by atoms with Crippen LogP contribution in [0.15, 0.2) is 28.8 Å². The summed E-state index contributed by atoms with van der Waals surface area (Å²) in [5, 5.41) is 4.02. The fraction of sp³-hybridized carbons (Fsp3) is 0.429. The molecule has 4 heteroatoms. The molecule has 3 rings (SSSR count). The van der Waals surface area contributed by atoms with Crippen molar-refractivity contribution in [3.63, 3.8) is 0 Å². The van der Waals surface area contributed by atoms with Gasteiger partial charge in [0, 0.05) is 18.5 Å². The predicted molar refractivity (Wildman–Crippen MR) is 68.7 cm³/mol. The lowest BCUT2D eigenvalue weighted by molar-refractivity contribution is 0.373. The van der Waals surface area contributed by atoms with E-state index in [0.717, 1.165) is 29.4 Å². The van der Waals surface area contributed by atoms with E-state index in [9.17, 15) is 0 Å². The lowest BCUT2D eigenvalue weighted by Crippen LogP contribution is -1.95. The number of nitrogens with two attached hydrogens (primary N) is 1. The molecule has 1 aliphatic carbocycles. The molecule has 2 N–H and O–H groups in total. The van der Waals surface area contributed by atoms with Crippen LogP contribution in [0.2, 0.25) is 0 Å². The van der Waals surface area contributed by atoms with Crippen LogP contribution in [-0.2, 0) is 13.0 Å². The Morgan fingerprint density at radius 1 is 1.22 bits per heavy atom. The molecule has 0 radical (unpaired) electrons. The van der Waals surface area contributed by atoms with Crippen LogP contribution in [0.3, 0.4) is 0 Å². The smallest absolute Gasteiger partial charge is 0.226 e. The van der Waals surface area contributed by atoms with Crippen molar-refractivity contribution in [1.82, 2.24) is 10.1 Å². The fourth-order valence-corrected chi connectivity index (χ4v) is 2.00. The second-order valence-corrected chi connectivity index (χ2v) is 4.89. The topological polar surface area (TPSA) is 64.9 Å². The van der Waals surface area contributed by atoms with E-state index in [-0.39, 0.29) is 0 Å². The Morgan fingerprint density at radius 2 is 2.00 bits per heavy atom. The molecule has 1 aromatic carbocycles. The van der Waals surface area contributed by atoms with E-state index in [0.29, 0.717) is 12.4 Å². The second kappa shape index (κ2) is 4.90. The molecule has 0 saturated heterocycles. The zero-order valence-corrected chi connectivity index (χ0v) is 10.3. The van der Waals surface area contributed by atoms with Crippen LogP contribution in [0.4, 0.5) is 0 Å². The summed E-state index contributed by atoms with van der Waals surface area (Å²) in [4.78, 5) is 4.43. The summed E-state index contributed by atoms with van der Waals surface area (Å²) in [6.07, 6.45) is 4.80. The summed E-state index contributed by atoms with van der Waals surface area (Å²) in [6.45, 7) is 0.555. The van der Waals surface area contributed by atoms with Crippen LogP contribution in [-0.4, -0.2) is 10.1 Å². The minimum Gasteiger partial charge on any atom is -0.339 e. The van der Waals surface area contributed by atoms with Gasteiger partial charge in [0.25, 0.3) is 0 Å². The molecule has 1 aromatic heterocycles. The Bertz CT molecular complexity index is 514. The van der Waals surface area contributed by atoms with Crippen molar-refractivity contribution in [2.75, 3.05) is 0 Å². The Morgan fingerprint density at radius 3 is 2.67 bits per heavy atom. The number of aryl methyl sites for hydroxylation is 1. The molecule has 2 aromatic rings. The van der Waals surface area contributed by atoms with E-state index in [1.54, 1.807) is 0 Å². The van der Waals surface area contributed by atoms with E-state index in [1.807, 2.05) is 24.3 Å². The molecule has 18 heavy (non-hydrogen) atoms. The van der Waals surface area contributed by atoms with Gasteiger partial charge in [0.2, 0.25) is 11.7 Å². The molecule has 1 aliphatic rings. The number of rotatable bonds is 5. The summed E-state index contributed by atoms with van der Waals surface area (Å²) in [7, 11) is 0. The maximum absolute atomic E-state index is 5.57. The van der Waals surface area contributed by atoms with Gasteiger partial charge < -0.3 is 10.3 Å². The third kappa shape index (κ3) is 2.59. The van der Waals surface area contributed by atoms with Gasteiger partial charge in [0.1, 0.15) is 0 Å². The lowest BCUT2D eigenvalue weighted by atomic mass is 10.1. The normalized spacial score (nSPS) is 14.9. The molecule has 0 aliphatic heterocycles. The quantitative estimate of drug-likeness (QED) is 0.876. The summed E-state index contributed by atoms with van der Waals surface area (Å²) in [5.74, 6) is 2.31. The first-order valence-electron chi connectivity index (χ1n) is 6.47. The summed E-state index contributed by atoms with van der Waals surface area (Å²) < 4.78 is 5.27. The Kier molecular flexibility index (Phi) is 3.11. The highest BCUT2D eigenvalue weighted by molar-refractivity contribution is 5.54. The molecule has 1 saturated carbocycles. The van der Waals surface area contributed by atoms with Crippen LogP contribution in [0.25, 0.3) is 11.4 Å². The molecule has 0 unspecified atom stereocenters. The average molecular weight is 243 g/mol. The van der Waals surface area contributed by atoms with E-state index >= 15 is 0 Å². The van der Waals surface area contributed by atoms with Crippen molar-refractivity contribution in [2.45, 2.75) is 32.2 Å². The third-order valence-electron chi connectivity index (χ3n) is 3.38. The Balaban J connectivity index is 1.70.